The number of aromatic hydroxyl groups is 1. The number of amides is 2. The van der Waals surface area contributed by atoms with Crippen molar-refractivity contribution in [3.8, 4) is 5.75 Å². The standard InChI is InChI=1S/C29H34BNO5S/c1-3-6-19(14-20-7-4-8-21(32)15-20)10-11-25-26-18(2)13-23-27(24(26)16-30(35)36-25)29(34)31(28(23)33)17-22-9-5-12-37-22/h4-5,7-9,12,14-15,23-25,27,32,35H,3,6,10-11,13,16-17H2,1-2H3/b19-14+/t23-,24+,25-,27-/m1/s1. The molecule has 2 fully saturated rings. The Balaban J connectivity index is 1.36. The third-order valence-electron chi connectivity index (χ3n) is 7.98. The second kappa shape index (κ2) is 11.0. The Morgan fingerprint density at radius 3 is 2.76 bits per heavy atom. The quantitative estimate of drug-likeness (QED) is 0.276. The molecule has 4 atom stereocenters. The van der Waals surface area contributed by atoms with E-state index in [1.165, 1.54) is 10.5 Å². The van der Waals surface area contributed by atoms with E-state index in [0.29, 0.717) is 25.7 Å². The van der Waals surface area contributed by atoms with Crippen molar-refractivity contribution in [1.29, 1.82) is 0 Å². The lowest BCUT2D eigenvalue weighted by molar-refractivity contribution is -0.140. The molecule has 8 heteroatoms. The topological polar surface area (TPSA) is 87.1 Å². The van der Waals surface area contributed by atoms with Gasteiger partial charge in [-0.1, -0.05) is 48.8 Å². The van der Waals surface area contributed by atoms with E-state index in [4.69, 9.17) is 4.65 Å². The van der Waals surface area contributed by atoms with Crippen LogP contribution in [0.1, 0.15) is 56.4 Å². The minimum absolute atomic E-state index is 0.0846. The first kappa shape index (κ1) is 26.0. The van der Waals surface area contributed by atoms with Crippen molar-refractivity contribution in [2.45, 2.75) is 64.9 Å². The number of phenols is 1. The molecule has 2 aromatic rings. The molecular weight excluding hydrogens is 485 g/mol. The molecule has 3 aliphatic rings. The van der Waals surface area contributed by atoms with Crippen molar-refractivity contribution in [2.24, 2.45) is 17.8 Å². The molecule has 2 amide bonds. The molecule has 5 rings (SSSR count). The highest BCUT2D eigenvalue weighted by Gasteiger charge is 2.56. The van der Waals surface area contributed by atoms with Crippen LogP contribution in [0.25, 0.3) is 6.08 Å². The van der Waals surface area contributed by atoms with E-state index in [0.717, 1.165) is 40.8 Å². The number of carbonyl (C=O) groups excluding carboxylic acids is 2. The third-order valence-corrected chi connectivity index (χ3v) is 8.84. The molecule has 2 aliphatic heterocycles. The second-order valence-electron chi connectivity index (χ2n) is 10.5. The van der Waals surface area contributed by atoms with Crippen LogP contribution >= 0.6 is 11.3 Å². The molecule has 1 aromatic heterocycles. The van der Waals surface area contributed by atoms with Crippen LogP contribution in [0.15, 0.2) is 58.5 Å². The number of benzene rings is 1. The first-order valence-corrected chi connectivity index (χ1v) is 14.1. The molecule has 0 unspecified atom stereocenters. The molecule has 0 spiro atoms. The van der Waals surface area contributed by atoms with Gasteiger partial charge in [-0.15, -0.1) is 11.3 Å². The van der Waals surface area contributed by atoms with E-state index < -0.39 is 13.0 Å². The van der Waals surface area contributed by atoms with Crippen molar-refractivity contribution in [2.75, 3.05) is 0 Å². The van der Waals surface area contributed by atoms with Crippen LogP contribution in [0, 0.1) is 17.8 Å². The van der Waals surface area contributed by atoms with E-state index in [1.54, 1.807) is 23.5 Å². The highest BCUT2D eigenvalue weighted by Crippen LogP contribution is 2.50. The first-order chi connectivity index (χ1) is 17.9. The number of nitrogens with zero attached hydrogens (tertiary/aromatic N) is 1. The number of likely N-dealkylation sites (tertiary alicyclic amines) is 1. The molecule has 3 heterocycles. The Morgan fingerprint density at radius 1 is 1.19 bits per heavy atom. The highest BCUT2D eigenvalue weighted by atomic mass is 32.1. The highest BCUT2D eigenvalue weighted by molar-refractivity contribution is 7.09. The van der Waals surface area contributed by atoms with Crippen molar-refractivity contribution >= 4 is 36.3 Å². The predicted molar refractivity (Wildman–Crippen MR) is 146 cm³/mol. The summed E-state index contributed by atoms with van der Waals surface area (Å²) in [6.07, 6.45) is 6.17. The van der Waals surface area contributed by atoms with Crippen LogP contribution < -0.4 is 0 Å². The maximum absolute atomic E-state index is 13.6. The molecule has 0 saturated carbocycles. The van der Waals surface area contributed by atoms with E-state index >= 15 is 0 Å². The Labute approximate surface area is 222 Å². The van der Waals surface area contributed by atoms with Gasteiger partial charge in [-0.3, -0.25) is 14.5 Å². The fraction of sp³-hybridized carbons (Fsp3) is 0.448. The number of thiophene rings is 1. The zero-order valence-corrected chi connectivity index (χ0v) is 22.2. The van der Waals surface area contributed by atoms with Gasteiger partial charge in [0.15, 0.2) is 0 Å². The molecule has 1 aromatic carbocycles. The maximum Gasteiger partial charge on any atom is 0.455 e. The molecule has 1 aliphatic carbocycles. The van der Waals surface area contributed by atoms with Gasteiger partial charge in [0.1, 0.15) is 5.75 Å². The van der Waals surface area contributed by atoms with E-state index in [2.05, 4.69) is 19.9 Å². The zero-order chi connectivity index (χ0) is 26.1. The number of hydrogen-bond acceptors (Lipinski definition) is 6. The lowest BCUT2D eigenvalue weighted by Crippen LogP contribution is -2.46. The summed E-state index contributed by atoms with van der Waals surface area (Å²) in [7, 11) is -0.954. The van der Waals surface area contributed by atoms with Crippen molar-refractivity contribution in [1.82, 2.24) is 4.90 Å². The summed E-state index contributed by atoms with van der Waals surface area (Å²) < 4.78 is 6.07. The molecule has 2 saturated heterocycles. The summed E-state index contributed by atoms with van der Waals surface area (Å²) in [5, 5.41) is 22.5. The SMILES string of the molecule is CCC/C(=C\c1cccc(O)c1)CC[C@H]1OB(O)C[C@H]2C1=C(C)C[C@H]1C(=O)N(Cc3cccs3)C(=O)[C@H]12. The fourth-order valence-electron chi connectivity index (χ4n) is 6.46. The van der Waals surface area contributed by atoms with Gasteiger partial charge in [0.25, 0.3) is 0 Å². The van der Waals surface area contributed by atoms with E-state index in [-0.39, 0.29) is 35.5 Å². The van der Waals surface area contributed by atoms with Gasteiger partial charge >= 0.3 is 7.12 Å². The number of phenolic OH excluding ortho intramolecular Hbond substituents is 1. The monoisotopic (exact) mass is 519 g/mol. The Morgan fingerprint density at radius 2 is 2.03 bits per heavy atom. The summed E-state index contributed by atoms with van der Waals surface area (Å²) in [4.78, 5) is 29.3. The van der Waals surface area contributed by atoms with E-state index in [9.17, 15) is 19.7 Å². The van der Waals surface area contributed by atoms with Gasteiger partial charge in [-0.25, -0.2) is 0 Å². The smallest absolute Gasteiger partial charge is 0.455 e. The molecule has 0 radical (unpaired) electrons. The summed E-state index contributed by atoms with van der Waals surface area (Å²) in [6, 6.07) is 11.1. The molecule has 37 heavy (non-hydrogen) atoms. The maximum atomic E-state index is 13.6. The molecule has 2 N–H and O–H groups in total. The van der Waals surface area contributed by atoms with Crippen molar-refractivity contribution in [3.63, 3.8) is 0 Å². The van der Waals surface area contributed by atoms with E-state index in [1.807, 2.05) is 29.6 Å². The van der Waals surface area contributed by atoms with Gasteiger partial charge in [0.05, 0.1) is 24.5 Å². The molecule has 6 nitrogen and oxygen atoms in total. The van der Waals surface area contributed by atoms with Gasteiger partial charge in [-0.05, 0) is 79.6 Å². The normalized spacial score (nSPS) is 26.1. The number of rotatable bonds is 8. The minimum atomic E-state index is -0.954. The molecule has 0 bridgehead atoms. The summed E-state index contributed by atoms with van der Waals surface area (Å²) in [6.45, 7) is 4.53. The van der Waals surface area contributed by atoms with Crippen molar-refractivity contribution < 1.29 is 24.4 Å². The largest absolute Gasteiger partial charge is 0.508 e. The van der Waals surface area contributed by atoms with Gasteiger partial charge in [0.2, 0.25) is 11.8 Å². The summed E-state index contributed by atoms with van der Waals surface area (Å²) >= 11 is 1.55. The number of fused-ring (bicyclic) bond motifs is 3. The number of hydrogen-bond donors (Lipinski definition) is 2. The van der Waals surface area contributed by atoms with Gasteiger partial charge in [-0.2, -0.15) is 0 Å². The minimum Gasteiger partial charge on any atom is -0.508 e. The van der Waals surface area contributed by atoms with Gasteiger partial charge in [0, 0.05) is 4.88 Å². The van der Waals surface area contributed by atoms with Gasteiger partial charge < -0.3 is 14.8 Å². The van der Waals surface area contributed by atoms with Crippen LogP contribution in [0.2, 0.25) is 6.32 Å². The number of carbonyl (C=O) groups is 2. The fourth-order valence-corrected chi connectivity index (χ4v) is 7.15. The Hall–Kier alpha value is -2.68. The first-order valence-electron chi connectivity index (χ1n) is 13.2. The lowest BCUT2D eigenvalue weighted by Gasteiger charge is -2.42. The predicted octanol–water partition coefficient (Wildman–Crippen LogP) is 5.43. The zero-order valence-electron chi connectivity index (χ0n) is 21.4. The van der Waals surface area contributed by atoms with Crippen LogP contribution in [-0.2, 0) is 20.8 Å². The van der Waals surface area contributed by atoms with Crippen molar-refractivity contribution in [3.05, 3.63) is 68.9 Å². The Bertz CT molecular complexity index is 1220. The Kier molecular flexibility index (Phi) is 7.70. The number of imide groups is 1. The lowest BCUT2D eigenvalue weighted by atomic mass is 9.58. The van der Waals surface area contributed by atoms with Crippen LogP contribution in [0.4, 0.5) is 0 Å². The average Bonchev–Trinajstić information content (AvgIpc) is 3.45. The average molecular weight is 519 g/mol. The summed E-state index contributed by atoms with van der Waals surface area (Å²) in [5.74, 6) is -0.909. The second-order valence-corrected chi connectivity index (χ2v) is 11.6. The molecule has 194 valence electrons. The van der Waals surface area contributed by atoms with Crippen LogP contribution in [0.3, 0.4) is 0 Å². The van der Waals surface area contributed by atoms with Crippen LogP contribution in [0.5, 0.6) is 5.75 Å². The molecular formula is C29H34BNO5S. The third kappa shape index (κ3) is 5.33. The number of allylic oxidation sites excluding steroid dienone is 2. The summed E-state index contributed by atoms with van der Waals surface area (Å²) in [5.41, 5.74) is 4.45. The van der Waals surface area contributed by atoms with Crippen LogP contribution in [-0.4, -0.2) is 40.1 Å².